The van der Waals surface area contributed by atoms with Gasteiger partial charge in [-0.1, -0.05) is 42.0 Å². The fourth-order valence-corrected chi connectivity index (χ4v) is 4.10. The number of aromatic nitrogens is 3. The number of fused-ring (bicyclic) bond motifs is 2. The van der Waals surface area contributed by atoms with Gasteiger partial charge in [0.1, 0.15) is 11.6 Å². The molecule has 2 aromatic carbocycles. The summed E-state index contributed by atoms with van der Waals surface area (Å²) in [5.74, 6) is 0.743. The third kappa shape index (κ3) is 3.37. The molecule has 146 valence electrons. The van der Waals surface area contributed by atoms with Gasteiger partial charge in [-0.15, -0.1) is 0 Å². The smallest absolute Gasteiger partial charge is 0.158 e. The molecule has 0 saturated carbocycles. The van der Waals surface area contributed by atoms with Crippen molar-refractivity contribution >= 4 is 11.5 Å². The lowest BCUT2D eigenvalue weighted by molar-refractivity contribution is 0.612. The van der Waals surface area contributed by atoms with E-state index in [4.69, 9.17) is 10.1 Å². The predicted octanol–water partition coefficient (Wildman–Crippen LogP) is 5.33. The lowest BCUT2D eigenvalue weighted by Gasteiger charge is -2.20. The number of hydrogen-bond acceptors (Lipinski definition) is 3. The molecular weight excluding hydrogens is 363 g/mol. The summed E-state index contributed by atoms with van der Waals surface area (Å²) in [7, 11) is 0. The average molecular weight is 386 g/mol. The Balaban J connectivity index is 1.61. The van der Waals surface area contributed by atoms with Crippen molar-refractivity contribution in [3.05, 3.63) is 82.8 Å². The SMILES string of the molecule is Cc1cccc(-c2cc3nc4c(c(NCc5ccccc5F)n3n2)CCCC4)c1. The van der Waals surface area contributed by atoms with Crippen molar-refractivity contribution < 1.29 is 4.39 Å². The Hall–Kier alpha value is -3.21. The molecule has 5 rings (SSSR count). The molecule has 4 nitrogen and oxygen atoms in total. The summed E-state index contributed by atoms with van der Waals surface area (Å²) >= 11 is 0. The standard InChI is InChI=1S/C24H23FN4/c1-16-7-6-9-17(13-16)22-14-23-27-21-12-5-3-10-19(21)24(29(23)28-22)26-15-18-8-2-4-11-20(18)25/h2,4,6-9,11,13-14,26H,3,5,10,12,15H2,1H3. The van der Waals surface area contributed by atoms with Gasteiger partial charge in [0.15, 0.2) is 5.65 Å². The summed E-state index contributed by atoms with van der Waals surface area (Å²) in [6, 6.07) is 17.3. The quantitative estimate of drug-likeness (QED) is 0.515. The molecule has 0 amide bonds. The fraction of sp³-hybridized carbons (Fsp3) is 0.250. The van der Waals surface area contributed by atoms with Crippen LogP contribution in [0.2, 0.25) is 0 Å². The maximum Gasteiger partial charge on any atom is 0.158 e. The molecule has 0 unspecified atom stereocenters. The zero-order chi connectivity index (χ0) is 19.8. The zero-order valence-corrected chi connectivity index (χ0v) is 16.5. The summed E-state index contributed by atoms with van der Waals surface area (Å²) in [6.07, 6.45) is 4.24. The summed E-state index contributed by atoms with van der Waals surface area (Å²) in [4.78, 5) is 4.90. The van der Waals surface area contributed by atoms with Crippen LogP contribution < -0.4 is 5.32 Å². The van der Waals surface area contributed by atoms with Gasteiger partial charge in [-0.25, -0.2) is 9.37 Å². The number of hydrogen-bond donors (Lipinski definition) is 1. The highest BCUT2D eigenvalue weighted by atomic mass is 19.1. The molecule has 0 radical (unpaired) electrons. The van der Waals surface area contributed by atoms with Gasteiger partial charge in [0, 0.05) is 35.0 Å². The second kappa shape index (κ2) is 7.32. The minimum Gasteiger partial charge on any atom is -0.365 e. The van der Waals surface area contributed by atoms with Crippen molar-refractivity contribution in [3.63, 3.8) is 0 Å². The van der Waals surface area contributed by atoms with Crippen LogP contribution in [0.25, 0.3) is 16.9 Å². The van der Waals surface area contributed by atoms with Crippen molar-refractivity contribution in [2.45, 2.75) is 39.2 Å². The minimum atomic E-state index is -0.194. The third-order valence-corrected chi connectivity index (χ3v) is 5.59. The van der Waals surface area contributed by atoms with Gasteiger partial charge in [0.25, 0.3) is 0 Å². The second-order valence-electron chi connectivity index (χ2n) is 7.71. The monoisotopic (exact) mass is 386 g/mol. The number of nitrogens with one attached hydrogen (secondary N) is 1. The van der Waals surface area contributed by atoms with E-state index in [-0.39, 0.29) is 5.82 Å². The summed E-state index contributed by atoms with van der Waals surface area (Å²) < 4.78 is 16.0. The van der Waals surface area contributed by atoms with E-state index in [1.54, 1.807) is 6.07 Å². The molecular formula is C24H23FN4. The van der Waals surface area contributed by atoms with E-state index in [9.17, 15) is 4.39 Å². The van der Waals surface area contributed by atoms with Gasteiger partial charge in [0.05, 0.1) is 5.69 Å². The van der Waals surface area contributed by atoms with Crippen LogP contribution in [0.4, 0.5) is 10.2 Å². The molecule has 1 aliphatic carbocycles. The normalized spacial score (nSPS) is 13.4. The van der Waals surface area contributed by atoms with Crippen LogP contribution in [0.5, 0.6) is 0 Å². The minimum absolute atomic E-state index is 0.194. The molecule has 2 heterocycles. The van der Waals surface area contributed by atoms with E-state index in [0.717, 1.165) is 54.1 Å². The Kier molecular flexibility index (Phi) is 4.51. The molecule has 29 heavy (non-hydrogen) atoms. The summed E-state index contributed by atoms with van der Waals surface area (Å²) in [5.41, 5.74) is 7.00. The van der Waals surface area contributed by atoms with Crippen LogP contribution >= 0.6 is 0 Å². The Morgan fingerprint density at radius 2 is 1.90 bits per heavy atom. The lowest BCUT2D eigenvalue weighted by atomic mass is 9.96. The molecule has 0 atom stereocenters. The van der Waals surface area contributed by atoms with Gasteiger partial charge < -0.3 is 5.32 Å². The Morgan fingerprint density at radius 1 is 1.03 bits per heavy atom. The predicted molar refractivity (Wildman–Crippen MR) is 114 cm³/mol. The van der Waals surface area contributed by atoms with Crippen molar-refractivity contribution in [3.8, 4) is 11.3 Å². The molecule has 5 heteroatoms. The number of nitrogens with zero attached hydrogens (tertiary/aromatic N) is 3. The van der Waals surface area contributed by atoms with E-state index in [1.807, 2.05) is 28.8 Å². The molecule has 1 aliphatic rings. The number of rotatable bonds is 4. The van der Waals surface area contributed by atoms with Crippen molar-refractivity contribution in [1.82, 2.24) is 14.6 Å². The van der Waals surface area contributed by atoms with Crippen molar-refractivity contribution in [1.29, 1.82) is 0 Å². The largest absolute Gasteiger partial charge is 0.365 e. The van der Waals surface area contributed by atoms with Crippen LogP contribution in [-0.4, -0.2) is 14.6 Å². The van der Waals surface area contributed by atoms with E-state index in [0.29, 0.717) is 12.1 Å². The first-order valence-corrected chi connectivity index (χ1v) is 10.1. The number of anilines is 1. The molecule has 0 fully saturated rings. The van der Waals surface area contributed by atoms with Crippen molar-refractivity contribution in [2.24, 2.45) is 0 Å². The van der Waals surface area contributed by atoms with Crippen LogP contribution in [0.15, 0.2) is 54.6 Å². The molecule has 0 saturated heterocycles. The summed E-state index contributed by atoms with van der Waals surface area (Å²) in [5, 5.41) is 8.33. The first-order valence-electron chi connectivity index (χ1n) is 10.1. The van der Waals surface area contributed by atoms with Gasteiger partial charge >= 0.3 is 0 Å². The molecule has 2 aromatic heterocycles. The Bertz CT molecular complexity index is 1190. The maximum atomic E-state index is 14.1. The molecule has 1 N–H and O–H groups in total. The van der Waals surface area contributed by atoms with E-state index < -0.39 is 0 Å². The van der Waals surface area contributed by atoms with Gasteiger partial charge in [-0.2, -0.15) is 9.61 Å². The average Bonchev–Trinajstić information content (AvgIpc) is 3.16. The number of aryl methyl sites for hydroxylation is 2. The van der Waals surface area contributed by atoms with Crippen LogP contribution in [0.1, 0.15) is 35.2 Å². The second-order valence-corrected chi connectivity index (χ2v) is 7.71. The first kappa shape index (κ1) is 17.9. The van der Waals surface area contributed by atoms with Gasteiger partial charge in [0.2, 0.25) is 0 Å². The van der Waals surface area contributed by atoms with Crippen LogP contribution in [0, 0.1) is 12.7 Å². The van der Waals surface area contributed by atoms with E-state index in [1.165, 1.54) is 17.2 Å². The number of halogens is 1. The summed E-state index contributed by atoms with van der Waals surface area (Å²) in [6.45, 7) is 2.50. The Morgan fingerprint density at radius 3 is 2.76 bits per heavy atom. The maximum absolute atomic E-state index is 14.1. The zero-order valence-electron chi connectivity index (χ0n) is 16.5. The first-order chi connectivity index (χ1) is 14.2. The van der Waals surface area contributed by atoms with Gasteiger partial charge in [-0.05, 0) is 44.7 Å². The number of benzene rings is 2. The molecule has 0 aliphatic heterocycles. The lowest BCUT2D eigenvalue weighted by Crippen LogP contribution is -2.15. The Labute approximate surface area is 169 Å². The third-order valence-electron chi connectivity index (χ3n) is 5.59. The highest BCUT2D eigenvalue weighted by Crippen LogP contribution is 2.30. The highest BCUT2D eigenvalue weighted by Gasteiger charge is 2.20. The van der Waals surface area contributed by atoms with Crippen LogP contribution in [-0.2, 0) is 19.4 Å². The highest BCUT2D eigenvalue weighted by molar-refractivity contribution is 5.67. The fourth-order valence-electron chi connectivity index (χ4n) is 4.10. The van der Waals surface area contributed by atoms with E-state index in [2.05, 4.69) is 30.4 Å². The topological polar surface area (TPSA) is 42.2 Å². The molecule has 0 spiro atoms. The molecule has 4 aromatic rings. The van der Waals surface area contributed by atoms with Crippen molar-refractivity contribution in [2.75, 3.05) is 5.32 Å². The molecule has 0 bridgehead atoms. The van der Waals surface area contributed by atoms with Crippen LogP contribution in [0.3, 0.4) is 0 Å². The van der Waals surface area contributed by atoms with Gasteiger partial charge in [-0.3, -0.25) is 0 Å². The van der Waals surface area contributed by atoms with E-state index >= 15 is 0 Å².